The Morgan fingerprint density at radius 2 is 1.26 bits per heavy atom. The molecule has 0 radical (unpaired) electrons. The fraction of sp³-hybridized carbons (Fsp3) is 0.897. The van der Waals surface area contributed by atoms with Crippen molar-refractivity contribution in [2.75, 3.05) is 0 Å². The molecule has 0 saturated carbocycles. The Kier molecular flexibility index (Phi) is 19.5. The minimum absolute atomic E-state index is 0.0331. The highest BCUT2D eigenvalue weighted by atomic mass is 16.6. The summed E-state index contributed by atoms with van der Waals surface area (Å²) in [5.74, 6) is -0.342. The molecule has 7 nitrogen and oxygen atoms in total. The van der Waals surface area contributed by atoms with Gasteiger partial charge in [0.1, 0.15) is 12.2 Å². The van der Waals surface area contributed by atoms with Crippen molar-refractivity contribution in [2.45, 2.75) is 224 Å². The molecule has 0 unspecified atom stereocenters. The Morgan fingerprint density at radius 1 is 0.761 bits per heavy atom. The van der Waals surface area contributed by atoms with Gasteiger partial charge in [-0.2, -0.15) is 0 Å². The summed E-state index contributed by atoms with van der Waals surface area (Å²) in [6, 6.07) is 0. The fourth-order valence-corrected chi connectivity index (χ4v) is 7.58. The Bertz CT molecular complexity index is 872. The molecule has 7 atom stereocenters. The molecule has 266 valence electrons. The number of cyclic esters (lactones) is 1. The molecule has 7 heteroatoms. The van der Waals surface area contributed by atoms with E-state index in [0.29, 0.717) is 0 Å². The topological polar surface area (TPSA) is 91.3 Å². The van der Waals surface area contributed by atoms with Crippen molar-refractivity contribution < 1.29 is 33.6 Å². The van der Waals surface area contributed by atoms with Crippen LogP contribution in [0.25, 0.3) is 0 Å². The van der Waals surface area contributed by atoms with Crippen LogP contribution in [0.1, 0.15) is 181 Å². The molecule has 0 aromatic heterocycles. The van der Waals surface area contributed by atoms with Gasteiger partial charge in [0.05, 0.1) is 30.5 Å². The van der Waals surface area contributed by atoms with Gasteiger partial charge in [-0.3, -0.25) is 4.79 Å². The number of ether oxygens (including phenoxy) is 4. The van der Waals surface area contributed by atoms with Crippen LogP contribution in [0, 0.1) is 0 Å². The maximum atomic E-state index is 11.8. The molecule has 0 amide bonds. The predicted octanol–water partition coefficient (Wildman–Crippen LogP) is 9.46. The molecule has 2 saturated heterocycles. The van der Waals surface area contributed by atoms with Gasteiger partial charge >= 0.3 is 11.9 Å². The Hall–Kier alpha value is -1.44. The second kappa shape index (κ2) is 23.0. The van der Waals surface area contributed by atoms with E-state index in [1.165, 1.54) is 103 Å². The van der Waals surface area contributed by atoms with E-state index >= 15 is 0 Å². The van der Waals surface area contributed by atoms with E-state index in [2.05, 4.69) is 6.92 Å². The van der Waals surface area contributed by atoms with Crippen LogP contribution in [0.2, 0.25) is 0 Å². The SMILES string of the molecule is CCCCCCCCCC[C@H](OC(C)=O)[C@@H]1CC[C@H]([C@H]2CC[C@@H]([C@H](O)CCCCCCCCCCCCC3=C[C@@H](C)OC3=O)O2)O1. The van der Waals surface area contributed by atoms with Gasteiger partial charge in [-0.05, 0) is 70.8 Å². The summed E-state index contributed by atoms with van der Waals surface area (Å²) in [6.45, 7) is 5.67. The summed E-state index contributed by atoms with van der Waals surface area (Å²) < 4.78 is 23.7. The maximum Gasteiger partial charge on any atom is 0.334 e. The van der Waals surface area contributed by atoms with E-state index in [0.717, 1.165) is 69.8 Å². The van der Waals surface area contributed by atoms with Crippen molar-refractivity contribution in [2.24, 2.45) is 0 Å². The number of carbonyl (C=O) groups excluding carboxylic acids is 2. The van der Waals surface area contributed by atoms with Gasteiger partial charge in [0.25, 0.3) is 0 Å². The van der Waals surface area contributed by atoms with E-state index in [-0.39, 0.29) is 48.6 Å². The Morgan fingerprint density at radius 3 is 1.80 bits per heavy atom. The minimum Gasteiger partial charge on any atom is -0.460 e. The van der Waals surface area contributed by atoms with E-state index in [1.54, 1.807) is 0 Å². The summed E-state index contributed by atoms with van der Waals surface area (Å²) in [6.07, 6.45) is 29.6. The number of aliphatic hydroxyl groups is 1. The highest BCUT2D eigenvalue weighted by Gasteiger charge is 2.41. The largest absolute Gasteiger partial charge is 0.460 e. The Labute approximate surface area is 280 Å². The van der Waals surface area contributed by atoms with Crippen LogP contribution in [-0.4, -0.2) is 59.8 Å². The second-order valence-corrected chi connectivity index (χ2v) is 14.4. The first-order valence-corrected chi connectivity index (χ1v) is 19.4. The van der Waals surface area contributed by atoms with E-state index < -0.39 is 6.10 Å². The lowest BCUT2D eigenvalue weighted by molar-refractivity contribution is -0.158. The first kappa shape index (κ1) is 39.0. The van der Waals surface area contributed by atoms with Crippen molar-refractivity contribution in [3.63, 3.8) is 0 Å². The Balaban J connectivity index is 1.18. The zero-order chi connectivity index (χ0) is 33.0. The molecule has 0 bridgehead atoms. The van der Waals surface area contributed by atoms with E-state index in [1.807, 2.05) is 13.0 Å². The number of unbranched alkanes of at least 4 members (excludes halogenated alkanes) is 16. The normalized spacial score (nSPS) is 25.9. The highest BCUT2D eigenvalue weighted by molar-refractivity contribution is 5.90. The lowest BCUT2D eigenvalue weighted by Crippen LogP contribution is -2.34. The predicted molar refractivity (Wildman–Crippen MR) is 184 cm³/mol. The van der Waals surface area contributed by atoms with Crippen molar-refractivity contribution in [1.82, 2.24) is 0 Å². The molecule has 46 heavy (non-hydrogen) atoms. The number of aliphatic hydroxyl groups excluding tert-OH is 1. The van der Waals surface area contributed by atoms with Crippen LogP contribution in [0.15, 0.2) is 11.6 Å². The highest BCUT2D eigenvalue weighted by Crippen LogP contribution is 2.35. The van der Waals surface area contributed by atoms with Gasteiger partial charge in [0.15, 0.2) is 0 Å². The van der Waals surface area contributed by atoms with Crippen LogP contribution in [0.5, 0.6) is 0 Å². The summed E-state index contributed by atoms with van der Waals surface area (Å²) in [5.41, 5.74) is 0.864. The van der Waals surface area contributed by atoms with Crippen molar-refractivity contribution in [1.29, 1.82) is 0 Å². The molecular formula is C39H68O7. The smallest absolute Gasteiger partial charge is 0.334 e. The quantitative estimate of drug-likeness (QED) is 0.0738. The van der Waals surface area contributed by atoms with E-state index in [9.17, 15) is 14.7 Å². The first-order chi connectivity index (χ1) is 22.4. The third-order valence-corrected chi connectivity index (χ3v) is 10.3. The van der Waals surface area contributed by atoms with Crippen LogP contribution >= 0.6 is 0 Å². The molecule has 0 aromatic carbocycles. The standard InChI is InChI=1S/C39H68O7/c1-4-5-6-7-8-15-18-21-24-35(44-31(3)40)36-27-28-38(46-36)37-26-25-34(45-37)33(41)23-20-17-14-12-10-9-11-13-16-19-22-32-29-30(2)43-39(32)42/h29-30,33-38,41H,4-28H2,1-3H3/t30-,33-,34+,35+,36+,37-,38-/m1/s1. The molecule has 2 fully saturated rings. The summed E-state index contributed by atoms with van der Waals surface area (Å²) in [4.78, 5) is 23.5. The van der Waals surface area contributed by atoms with Gasteiger partial charge in [0.2, 0.25) is 0 Å². The van der Waals surface area contributed by atoms with Gasteiger partial charge < -0.3 is 24.1 Å². The van der Waals surface area contributed by atoms with Crippen molar-refractivity contribution >= 4 is 11.9 Å². The number of hydrogen-bond acceptors (Lipinski definition) is 7. The molecule has 0 aliphatic carbocycles. The summed E-state index contributed by atoms with van der Waals surface area (Å²) in [5, 5.41) is 10.8. The number of hydrogen-bond donors (Lipinski definition) is 1. The number of carbonyl (C=O) groups is 2. The van der Waals surface area contributed by atoms with Gasteiger partial charge in [-0.25, -0.2) is 4.79 Å². The fourth-order valence-electron chi connectivity index (χ4n) is 7.58. The summed E-state index contributed by atoms with van der Waals surface area (Å²) >= 11 is 0. The third-order valence-electron chi connectivity index (χ3n) is 10.3. The lowest BCUT2D eigenvalue weighted by atomic mass is 10.00. The molecule has 0 aromatic rings. The minimum atomic E-state index is -0.400. The van der Waals surface area contributed by atoms with Gasteiger partial charge in [-0.15, -0.1) is 0 Å². The monoisotopic (exact) mass is 648 g/mol. The van der Waals surface area contributed by atoms with Gasteiger partial charge in [-0.1, -0.05) is 110 Å². The zero-order valence-electron chi connectivity index (χ0n) is 29.7. The zero-order valence-corrected chi connectivity index (χ0v) is 29.7. The third kappa shape index (κ3) is 15.2. The first-order valence-electron chi connectivity index (χ1n) is 19.4. The van der Waals surface area contributed by atoms with Crippen molar-refractivity contribution in [3.8, 4) is 0 Å². The van der Waals surface area contributed by atoms with E-state index in [4.69, 9.17) is 18.9 Å². The number of rotatable bonds is 26. The average molecular weight is 649 g/mol. The van der Waals surface area contributed by atoms with Crippen LogP contribution < -0.4 is 0 Å². The molecular weight excluding hydrogens is 580 g/mol. The lowest BCUT2D eigenvalue weighted by Gasteiger charge is -2.26. The molecule has 1 N–H and O–H groups in total. The molecule has 3 aliphatic heterocycles. The van der Waals surface area contributed by atoms with Crippen LogP contribution in [-0.2, 0) is 28.5 Å². The van der Waals surface area contributed by atoms with Crippen LogP contribution in [0.3, 0.4) is 0 Å². The molecule has 3 heterocycles. The summed E-state index contributed by atoms with van der Waals surface area (Å²) in [7, 11) is 0. The van der Waals surface area contributed by atoms with Gasteiger partial charge in [0, 0.05) is 12.5 Å². The van der Waals surface area contributed by atoms with Crippen molar-refractivity contribution in [3.05, 3.63) is 11.6 Å². The molecule has 0 spiro atoms. The second-order valence-electron chi connectivity index (χ2n) is 14.4. The molecule has 3 aliphatic rings. The number of esters is 2. The average Bonchev–Trinajstić information content (AvgIpc) is 3.78. The molecule has 3 rings (SSSR count). The van der Waals surface area contributed by atoms with Crippen LogP contribution in [0.4, 0.5) is 0 Å². The maximum absolute atomic E-state index is 11.8.